The molecule has 0 bridgehead atoms. The average molecular weight is 614 g/mol. The second kappa shape index (κ2) is 11.3. The number of hydrogen-bond acceptors (Lipinski definition) is 5. The molecule has 10 heteroatoms. The van der Waals surface area contributed by atoms with Crippen LogP contribution in [0.2, 0.25) is 15.1 Å². The molecule has 3 aromatic carbocycles. The van der Waals surface area contributed by atoms with Gasteiger partial charge in [-0.3, -0.25) is 14.5 Å². The molecule has 1 aliphatic heterocycles. The quantitative estimate of drug-likeness (QED) is 0.251. The van der Waals surface area contributed by atoms with E-state index in [2.05, 4.69) is 15.9 Å². The summed E-state index contributed by atoms with van der Waals surface area (Å²) in [6.45, 7) is 0.306. The first-order valence-electron chi connectivity index (χ1n) is 10.2. The van der Waals surface area contributed by atoms with E-state index in [4.69, 9.17) is 44.3 Å². The molecule has 1 saturated heterocycles. The predicted molar refractivity (Wildman–Crippen MR) is 144 cm³/mol. The van der Waals surface area contributed by atoms with Gasteiger partial charge in [0.05, 0.1) is 23.0 Å². The molecule has 0 spiro atoms. The number of amides is 2. The van der Waals surface area contributed by atoms with Gasteiger partial charge in [0, 0.05) is 20.6 Å². The molecule has 0 saturated carbocycles. The van der Waals surface area contributed by atoms with E-state index in [-0.39, 0.29) is 18.4 Å². The maximum Gasteiger partial charge on any atom is 0.293 e. The van der Waals surface area contributed by atoms with Gasteiger partial charge in [-0.15, -0.1) is 0 Å². The molecule has 2 amide bonds. The summed E-state index contributed by atoms with van der Waals surface area (Å²) in [5, 5.41) is 1.10. The summed E-state index contributed by atoms with van der Waals surface area (Å²) in [6.07, 6.45) is 1.64. The van der Waals surface area contributed by atoms with Crippen molar-refractivity contribution in [3.05, 3.63) is 95.7 Å². The molecule has 5 nitrogen and oxygen atoms in total. The van der Waals surface area contributed by atoms with E-state index in [1.807, 2.05) is 18.2 Å². The van der Waals surface area contributed by atoms with Crippen molar-refractivity contribution in [2.24, 2.45) is 0 Å². The number of hydrogen-bond donors (Lipinski definition) is 0. The topological polar surface area (TPSA) is 55.8 Å². The molecule has 1 heterocycles. The van der Waals surface area contributed by atoms with Crippen LogP contribution in [0.1, 0.15) is 16.7 Å². The van der Waals surface area contributed by atoms with Crippen LogP contribution in [0.25, 0.3) is 6.08 Å². The van der Waals surface area contributed by atoms with E-state index in [0.29, 0.717) is 47.1 Å². The highest BCUT2D eigenvalue weighted by Crippen LogP contribution is 2.40. The third-order valence-electron chi connectivity index (χ3n) is 5.10. The van der Waals surface area contributed by atoms with Gasteiger partial charge in [-0.05, 0) is 75.2 Å². The zero-order valence-corrected chi connectivity index (χ0v) is 22.9. The summed E-state index contributed by atoms with van der Waals surface area (Å²) in [7, 11) is 1.53. The van der Waals surface area contributed by atoms with Crippen LogP contribution in [0.4, 0.5) is 4.79 Å². The molecule has 3 aromatic rings. The van der Waals surface area contributed by atoms with Crippen LogP contribution < -0.4 is 9.47 Å². The summed E-state index contributed by atoms with van der Waals surface area (Å²) in [4.78, 5) is 27.0. The van der Waals surface area contributed by atoms with E-state index in [9.17, 15) is 9.59 Å². The highest BCUT2D eigenvalue weighted by atomic mass is 79.9. The lowest BCUT2D eigenvalue weighted by atomic mass is 10.1. The van der Waals surface area contributed by atoms with Crippen LogP contribution in [0.15, 0.2) is 64.0 Å². The first kappa shape index (κ1) is 25.9. The number of benzene rings is 3. The van der Waals surface area contributed by atoms with E-state index >= 15 is 0 Å². The normalized spacial score (nSPS) is 14.7. The summed E-state index contributed by atoms with van der Waals surface area (Å²) < 4.78 is 12.1. The Morgan fingerprint density at radius 3 is 2.49 bits per heavy atom. The van der Waals surface area contributed by atoms with E-state index in [0.717, 1.165) is 22.2 Å². The maximum absolute atomic E-state index is 13.0. The predicted octanol–water partition coefficient (Wildman–Crippen LogP) is 8.23. The molecule has 180 valence electrons. The summed E-state index contributed by atoms with van der Waals surface area (Å²) in [5.74, 6) is 0.556. The fourth-order valence-electron chi connectivity index (χ4n) is 3.34. The average Bonchev–Trinajstić information content (AvgIpc) is 3.08. The minimum atomic E-state index is -0.403. The lowest BCUT2D eigenvalue weighted by Gasteiger charge is -2.14. The molecule has 0 aromatic heterocycles. The number of imide groups is 1. The van der Waals surface area contributed by atoms with E-state index in [1.54, 1.807) is 42.5 Å². The molecule has 0 N–H and O–H groups in total. The van der Waals surface area contributed by atoms with Gasteiger partial charge in [-0.2, -0.15) is 0 Å². The molecule has 0 unspecified atom stereocenters. The van der Waals surface area contributed by atoms with Crippen molar-refractivity contribution < 1.29 is 19.1 Å². The number of methoxy groups -OCH3 is 1. The van der Waals surface area contributed by atoms with E-state index < -0.39 is 5.91 Å². The summed E-state index contributed by atoms with van der Waals surface area (Å²) in [5.41, 5.74) is 2.12. The largest absolute Gasteiger partial charge is 0.493 e. The molecule has 1 aliphatic rings. The number of ether oxygens (including phenoxy) is 2. The zero-order valence-electron chi connectivity index (χ0n) is 18.2. The Hall–Kier alpha value is -2.16. The maximum atomic E-state index is 13.0. The Bertz CT molecular complexity index is 1350. The van der Waals surface area contributed by atoms with Gasteiger partial charge < -0.3 is 9.47 Å². The first-order valence-corrected chi connectivity index (χ1v) is 12.9. The molecule has 4 rings (SSSR count). The van der Waals surface area contributed by atoms with Crippen molar-refractivity contribution in [1.82, 2.24) is 4.90 Å². The van der Waals surface area contributed by atoms with Gasteiger partial charge in [0.15, 0.2) is 11.5 Å². The monoisotopic (exact) mass is 611 g/mol. The van der Waals surface area contributed by atoms with Crippen molar-refractivity contribution in [3.63, 3.8) is 0 Å². The summed E-state index contributed by atoms with van der Waals surface area (Å²) >= 11 is 22.8. The fraction of sp³-hybridized carbons (Fsp3) is 0.120. The number of carbonyl (C=O) groups excluding carboxylic acids is 2. The number of thioether (sulfide) groups is 1. The highest BCUT2D eigenvalue weighted by molar-refractivity contribution is 9.10. The molecular formula is C25H17BrCl3NO4S. The Morgan fingerprint density at radius 1 is 1.00 bits per heavy atom. The summed E-state index contributed by atoms with van der Waals surface area (Å²) in [6, 6.07) is 15.9. The van der Waals surface area contributed by atoms with Crippen molar-refractivity contribution in [2.75, 3.05) is 7.11 Å². The van der Waals surface area contributed by atoms with Gasteiger partial charge in [-0.25, -0.2) is 0 Å². The lowest BCUT2D eigenvalue weighted by Crippen LogP contribution is -2.27. The van der Waals surface area contributed by atoms with Crippen molar-refractivity contribution in [2.45, 2.75) is 13.2 Å². The second-order valence-corrected chi connectivity index (χ2v) is 10.5. The Morgan fingerprint density at radius 2 is 1.77 bits per heavy atom. The Kier molecular flexibility index (Phi) is 8.34. The molecule has 1 fully saturated rings. The standard InChI is InChI=1S/C25H17BrCl3NO4S/c1-33-21-9-14(8-18(26)23(21)34-13-16-4-2-3-5-19(16)28)10-22-24(31)30(25(32)35-22)12-15-6-7-17(27)11-20(15)29/h2-11H,12-13H2,1H3/b22-10+. The number of carbonyl (C=O) groups is 2. The SMILES string of the molecule is COc1cc(/C=C2/SC(=O)N(Cc3ccc(Cl)cc3Cl)C2=O)cc(Br)c1OCc1ccccc1Cl. The minimum Gasteiger partial charge on any atom is -0.493 e. The second-order valence-electron chi connectivity index (χ2n) is 7.42. The molecule has 0 atom stereocenters. The molecule has 0 radical (unpaired) electrons. The highest BCUT2D eigenvalue weighted by Gasteiger charge is 2.35. The first-order chi connectivity index (χ1) is 16.8. The van der Waals surface area contributed by atoms with Gasteiger partial charge in [0.25, 0.3) is 11.1 Å². The van der Waals surface area contributed by atoms with Crippen LogP contribution in [0.3, 0.4) is 0 Å². The number of halogens is 4. The number of rotatable bonds is 7. The van der Waals surface area contributed by atoms with Crippen LogP contribution in [-0.4, -0.2) is 23.2 Å². The Labute approximate surface area is 230 Å². The smallest absolute Gasteiger partial charge is 0.293 e. The van der Waals surface area contributed by atoms with Crippen molar-refractivity contribution in [3.8, 4) is 11.5 Å². The van der Waals surface area contributed by atoms with Gasteiger partial charge in [-0.1, -0.05) is 59.1 Å². The lowest BCUT2D eigenvalue weighted by molar-refractivity contribution is -0.123. The minimum absolute atomic E-state index is 0.0554. The van der Waals surface area contributed by atoms with Crippen LogP contribution in [0.5, 0.6) is 11.5 Å². The van der Waals surface area contributed by atoms with Gasteiger partial charge in [0.2, 0.25) is 0 Å². The zero-order chi connectivity index (χ0) is 25.1. The molecule has 35 heavy (non-hydrogen) atoms. The van der Waals surface area contributed by atoms with Crippen LogP contribution >= 0.6 is 62.5 Å². The third kappa shape index (κ3) is 5.98. The van der Waals surface area contributed by atoms with Crippen LogP contribution in [-0.2, 0) is 17.9 Å². The molecule has 0 aliphatic carbocycles. The van der Waals surface area contributed by atoms with Crippen molar-refractivity contribution >= 4 is 79.7 Å². The van der Waals surface area contributed by atoms with E-state index in [1.165, 1.54) is 7.11 Å². The molecular weight excluding hydrogens is 597 g/mol. The van der Waals surface area contributed by atoms with Crippen LogP contribution in [0, 0.1) is 0 Å². The third-order valence-corrected chi connectivity index (χ3v) is 7.55. The number of nitrogens with zero attached hydrogens (tertiary/aromatic N) is 1. The Balaban J connectivity index is 1.54. The van der Waals surface area contributed by atoms with Crippen molar-refractivity contribution in [1.29, 1.82) is 0 Å². The van der Waals surface area contributed by atoms with Gasteiger partial charge in [0.1, 0.15) is 6.61 Å². The van der Waals surface area contributed by atoms with Gasteiger partial charge >= 0.3 is 0 Å². The fourth-order valence-corrected chi connectivity index (χ4v) is 5.41.